The highest BCUT2D eigenvalue weighted by molar-refractivity contribution is 5.99. The second kappa shape index (κ2) is 9.68. The summed E-state index contributed by atoms with van der Waals surface area (Å²) in [4.78, 5) is 22.9. The molecule has 0 radical (unpaired) electrons. The number of ether oxygens (including phenoxy) is 1. The van der Waals surface area contributed by atoms with Crippen molar-refractivity contribution in [2.45, 2.75) is 59.3 Å². The van der Waals surface area contributed by atoms with Crippen LogP contribution in [0.1, 0.15) is 59.3 Å². The van der Waals surface area contributed by atoms with Crippen molar-refractivity contribution in [1.29, 1.82) is 0 Å². The lowest BCUT2D eigenvalue weighted by Crippen LogP contribution is -2.14. The zero-order valence-electron chi connectivity index (χ0n) is 11.6. The Kier molecular flexibility index (Phi) is 8.97. The number of rotatable bonds is 9. The van der Waals surface area contributed by atoms with E-state index in [1.807, 2.05) is 0 Å². The summed E-state index contributed by atoms with van der Waals surface area (Å²) in [5.74, 6) is -1.50. The predicted octanol–water partition coefficient (Wildman–Crippen LogP) is 3.31. The molecule has 1 N–H and O–H groups in total. The fourth-order valence-corrected chi connectivity index (χ4v) is 1.82. The van der Waals surface area contributed by atoms with Crippen molar-refractivity contribution in [3.63, 3.8) is 0 Å². The highest BCUT2D eigenvalue weighted by atomic mass is 16.5. The van der Waals surface area contributed by atoms with Gasteiger partial charge in [0.2, 0.25) is 0 Å². The third-order valence-corrected chi connectivity index (χ3v) is 2.78. The van der Waals surface area contributed by atoms with Gasteiger partial charge in [-0.25, -0.2) is 9.59 Å². The van der Waals surface area contributed by atoms with Crippen LogP contribution < -0.4 is 0 Å². The van der Waals surface area contributed by atoms with Crippen molar-refractivity contribution in [2.24, 2.45) is 0 Å². The van der Waals surface area contributed by atoms with Crippen molar-refractivity contribution in [1.82, 2.24) is 0 Å². The van der Waals surface area contributed by atoms with Crippen LogP contribution in [0.3, 0.4) is 0 Å². The molecular formula is C14H24O4. The maximum atomic E-state index is 11.8. The fraction of sp³-hybridized carbons (Fsp3) is 0.714. The van der Waals surface area contributed by atoms with Crippen LogP contribution >= 0.6 is 0 Å². The second-order valence-corrected chi connectivity index (χ2v) is 4.15. The predicted molar refractivity (Wildman–Crippen MR) is 70.3 cm³/mol. The van der Waals surface area contributed by atoms with E-state index >= 15 is 0 Å². The molecule has 0 rings (SSSR count). The number of carboxylic acid groups (broad SMARTS) is 1. The quantitative estimate of drug-likeness (QED) is 0.390. The standard InChI is InChI=1S/C14H24O4/c1-4-7-8-9-10-12(14(17)18-6-3)11(5-2)13(15)16/h4-10H2,1-3H3,(H,15,16)/b12-11-. The van der Waals surface area contributed by atoms with Crippen LogP contribution in [0, 0.1) is 0 Å². The molecule has 0 atom stereocenters. The molecule has 0 aliphatic rings. The van der Waals surface area contributed by atoms with E-state index in [1.54, 1.807) is 13.8 Å². The van der Waals surface area contributed by atoms with Crippen LogP contribution in [0.15, 0.2) is 11.1 Å². The Balaban J connectivity index is 4.81. The molecule has 0 fully saturated rings. The van der Waals surface area contributed by atoms with Gasteiger partial charge in [-0.05, 0) is 26.2 Å². The van der Waals surface area contributed by atoms with Gasteiger partial charge in [0.15, 0.2) is 0 Å². The van der Waals surface area contributed by atoms with Crippen molar-refractivity contribution in [3.05, 3.63) is 11.1 Å². The van der Waals surface area contributed by atoms with Crippen molar-refractivity contribution in [3.8, 4) is 0 Å². The minimum absolute atomic E-state index is 0.185. The molecule has 0 aromatic heterocycles. The normalized spacial score (nSPS) is 11.9. The van der Waals surface area contributed by atoms with Crippen molar-refractivity contribution >= 4 is 11.9 Å². The van der Waals surface area contributed by atoms with Gasteiger partial charge in [0.05, 0.1) is 6.61 Å². The summed E-state index contributed by atoms with van der Waals surface area (Å²) in [7, 11) is 0. The van der Waals surface area contributed by atoms with Gasteiger partial charge in [-0.2, -0.15) is 0 Å². The lowest BCUT2D eigenvalue weighted by molar-refractivity contribution is -0.140. The zero-order chi connectivity index (χ0) is 14.0. The summed E-state index contributed by atoms with van der Waals surface area (Å²) < 4.78 is 4.93. The summed E-state index contributed by atoms with van der Waals surface area (Å²) >= 11 is 0. The van der Waals surface area contributed by atoms with Crippen LogP contribution in [0.5, 0.6) is 0 Å². The molecule has 0 saturated heterocycles. The van der Waals surface area contributed by atoms with Gasteiger partial charge in [-0.15, -0.1) is 0 Å². The first-order valence-corrected chi connectivity index (χ1v) is 6.70. The van der Waals surface area contributed by atoms with E-state index in [4.69, 9.17) is 9.84 Å². The van der Waals surface area contributed by atoms with Gasteiger partial charge >= 0.3 is 11.9 Å². The molecule has 104 valence electrons. The molecule has 4 nitrogen and oxygen atoms in total. The van der Waals surface area contributed by atoms with E-state index in [-0.39, 0.29) is 12.2 Å². The molecule has 0 unspecified atom stereocenters. The Hall–Kier alpha value is -1.32. The largest absolute Gasteiger partial charge is 0.478 e. The van der Waals surface area contributed by atoms with Gasteiger partial charge in [0.25, 0.3) is 0 Å². The highest BCUT2D eigenvalue weighted by Crippen LogP contribution is 2.18. The topological polar surface area (TPSA) is 63.6 Å². The molecule has 0 aromatic carbocycles. The molecule has 18 heavy (non-hydrogen) atoms. The van der Waals surface area contributed by atoms with Crippen LogP contribution in [0.4, 0.5) is 0 Å². The molecular weight excluding hydrogens is 232 g/mol. The van der Waals surface area contributed by atoms with Gasteiger partial charge in [0, 0.05) is 11.1 Å². The van der Waals surface area contributed by atoms with E-state index in [9.17, 15) is 9.59 Å². The number of unbranched alkanes of at least 4 members (excludes halogenated alkanes) is 3. The Labute approximate surface area is 109 Å². The second-order valence-electron chi connectivity index (χ2n) is 4.15. The number of hydrogen-bond donors (Lipinski definition) is 1. The number of carbonyl (C=O) groups is 2. The molecule has 0 heterocycles. The first kappa shape index (κ1) is 16.7. The fourth-order valence-electron chi connectivity index (χ4n) is 1.82. The van der Waals surface area contributed by atoms with Crippen molar-refractivity contribution < 1.29 is 19.4 Å². The third-order valence-electron chi connectivity index (χ3n) is 2.78. The van der Waals surface area contributed by atoms with Crippen LogP contribution in [-0.4, -0.2) is 23.7 Å². The molecule has 0 bridgehead atoms. The summed E-state index contributed by atoms with van der Waals surface area (Å²) in [5, 5.41) is 9.10. The first-order chi connectivity index (χ1) is 8.58. The molecule has 0 aliphatic heterocycles. The number of aliphatic carboxylic acids is 1. The van der Waals surface area contributed by atoms with Gasteiger partial charge in [0.1, 0.15) is 0 Å². The Bertz CT molecular complexity index is 305. The SMILES string of the molecule is CCCCCC/C(C(=O)OCC)=C(\CC)C(=O)O. The number of esters is 1. The highest BCUT2D eigenvalue weighted by Gasteiger charge is 2.19. The number of carboxylic acids is 1. The molecule has 0 aromatic rings. The monoisotopic (exact) mass is 256 g/mol. The summed E-state index contributed by atoms with van der Waals surface area (Å²) in [5.41, 5.74) is 0.521. The van der Waals surface area contributed by atoms with Crippen LogP contribution in [0.25, 0.3) is 0 Å². The average Bonchev–Trinajstić information content (AvgIpc) is 2.32. The van der Waals surface area contributed by atoms with E-state index in [1.165, 1.54) is 0 Å². The lowest BCUT2D eigenvalue weighted by Gasteiger charge is -2.10. The summed E-state index contributed by atoms with van der Waals surface area (Å²) in [6.45, 7) is 5.85. The van der Waals surface area contributed by atoms with E-state index in [0.717, 1.165) is 25.7 Å². The van der Waals surface area contributed by atoms with Crippen LogP contribution in [-0.2, 0) is 14.3 Å². The van der Waals surface area contributed by atoms with Crippen molar-refractivity contribution in [2.75, 3.05) is 6.61 Å². The number of carbonyl (C=O) groups excluding carboxylic acids is 1. The Morgan fingerprint density at radius 3 is 2.11 bits per heavy atom. The molecule has 0 aliphatic carbocycles. The molecule has 0 spiro atoms. The Morgan fingerprint density at radius 1 is 1.00 bits per heavy atom. The Morgan fingerprint density at radius 2 is 1.67 bits per heavy atom. The lowest BCUT2D eigenvalue weighted by atomic mass is 9.99. The van der Waals surface area contributed by atoms with Gasteiger partial charge in [-0.3, -0.25) is 0 Å². The molecule has 4 heteroatoms. The van der Waals surface area contributed by atoms with Gasteiger partial charge in [-0.1, -0.05) is 33.1 Å². The van der Waals surface area contributed by atoms with Crippen LogP contribution in [0.2, 0.25) is 0 Å². The zero-order valence-corrected chi connectivity index (χ0v) is 11.6. The third kappa shape index (κ3) is 5.84. The van der Waals surface area contributed by atoms with E-state index in [2.05, 4.69) is 6.92 Å². The number of hydrogen-bond acceptors (Lipinski definition) is 3. The maximum Gasteiger partial charge on any atom is 0.334 e. The van der Waals surface area contributed by atoms with E-state index in [0.29, 0.717) is 18.4 Å². The smallest absolute Gasteiger partial charge is 0.334 e. The average molecular weight is 256 g/mol. The van der Waals surface area contributed by atoms with E-state index < -0.39 is 11.9 Å². The van der Waals surface area contributed by atoms with Gasteiger partial charge < -0.3 is 9.84 Å². The minimum atomic E-state index is -1.02. The summed E-state index contributed by atoms with van der Waals surface area (Å²) in [6.07, 6.45) is 4.89. The first-order valence-electron chi connectivity index (χ1n) is 6.70. The molecule has 0 amide bonds. The maximum absolute atomic E-state index is 11.8. The summed E-state index contributed by atoms with van der Waals surface area (Å²) in [6, 6.07) is 0. The molecule has 0 saturated carbocycles. The minimum Gasteiger partial charge on any atom is -0.478 e.